The second-order valence-electron chi connectivity index (χ2n) is 5.42. The van der Waals surface area contributed by atoms with Gasteiger partial charge in [-0.25, -0.2) is 4.98 Å². The van der Waals surface area contributed by atoms with Gasteiger partial charge in [0, 0.05) is 17.9 Å². The van der Waals surface area contributed by atoms with E-state index >= 15 is 0 Å². The minimum Gasteiger partial charge on any atom is -0.396 e. The van der Waals surface area contributed by atoms with Crippen molar-refractivity contribution >= 4 is 22.9 Å². The number of thiazole rings is 1. The SMILES string of the molecule is Cc1nc(-c2ccccc2)sc1C(=O)Nc1ccc(CCO)cc1. The van der Waals surface area contributed by atoms with Crippen molar-refractivity contribution in [2.45, 2.75) is 13.3 Å². The molecular formula is C19H18N2O2S. The number of hydrogen-bond acceptors (Lipinski definition) is 4. The molecule has 0 radical (unpaired) electrons. The monoisotopic (exact) mass is 338 g/mol. The van der Waals surface area contributed by atoms with Gasteiger partial charge in [-0.3, -0.25) is 4.79 Å². The van der Waals surface area contributed by atoms with Gasteiger partial charge in [0.25, 0.3) is 5.91 Å². The van der Waals surface area contributed by atoms with Crippen LogP contribution in [0.25, 0.3) is 10.6 Å². The van der Waals surface area contributed by atoms with Crippen molar-refractivity contribution in [3.8, 4) is 10.6 Å². The van der Waals surface area contributed by atoms with E-state index in [1.165, 1.54) is 11.3 Å². The number of benzene rings is 2. The van der Waals surface area contributed by atoms with Crippen molar-refractivity contribution in [1.29, 1.82) is 0 Å². The lowest BCUT2D eigenvalue weighted by atomic mass is 10.1. The van der Waals surface area contributed by atoms with E-state index in [0.29, 0.717) is 11.3 Å². The first-order chi connectivity index (χ1) is 11.7. The number of nitrogens with zero attached hydrogens (tertiary/aromatic N) is 1. The average Bonchev–Trinajstić information content (AvgIpc) is 3.00. The molecule has 1 heterocycles. The molecule has 24 heavy (non-hydrogen) atoms. The predicted molar refractivity (Wildman–Crippen MR) is 97.5 cm³/mol. The van der Waals surface area contributed by atoms with Gasteiger partial charge in [0.1, 0.15) is 9.88 Å². The number of anilines is 1. The Labute approximate surface area is 144 Å². The highest BCUT2D eigenvalue weighted by molar-refractivity contribution is 7.17. The lowest BCUT2D eigenvalue weighted by Gasteiger charge is -2.05. The molecule has 0 saturated heterocycles. The second-order valence-corrected chi connectivity index (χ2v) is 6.42. The van der Waals surface area contributed by atoms with Crippen LogP contribution in [0.5, 0.6) is 0 Å². The van der Waals surface area contributed by atoms with Crippen LogP contribution < -0.4 is 5.32 Å². The summed E-state index contributed by atoms with van der Waals surface area (Å²) in [5.74, 6) is -0.151. The molecule has 0 unspecified atom stereocenters. The molecule has 0 fully saturated rings. The molecule has 122 valence electrons. The molecule has 5 heteroatoms. The molecule has 1 aromatic heterocycles. The number of aryl methyl sites for hydroxylation is 1. The first-order valence-electron chi connectivity index (χ1n) is 7.71. The molecule has 0 bridgehead atoms. The Hall–Kier alpha value is -2.50. The van der Waals surface area contributed by atoms with Crippen molar-refractivity contribution in [2.24, 2.45) is 0 Å². The summed E-state index contributed by atoms with van der Waals surface area (Å²) in [6.07, 6.45) is 0.614. The quantitative estimate of drug-likeness (QED) is 0.741. The third-order valence-corrected chi connectivity index (χ3v) is 4.84. The molecule has 4 nitrogen and oxygen atoms in total. The molecule has 0 aliphatic carbocycles. The van der Waals surface area contributed by atoms with Gasteiger partial charge >= 0.3 is 0 Å². The summed E-state index contributed by atoms with van der Waals surface area (Å²) in [5.41, 5.74) is 3.51. The van der Waals surface area contributed by atoms with Crippen LogP contribution in [-0.4, -0.2) is 22.6 Å². The summed E-state index contributed by atoms with van der Waals surface area (Å²) >= 11 is 1.40. The Balaban J connectivity index is 1.76. The molecule has 2 aromatic carbocycles. The first kappa shape index (κ1) is 16.4. The number of amides is 1. The van der Waals surface area contributed by atoms with Crippen molar-refractivity contribution in [2.75, 3.05) is 11.9 Å². The van der Waals surface area contributed by atoms with Crippen LogP contribution in [-0.2, 0) is 6.42 Å². The van der Waals surface area contributed by atoms with Crippen molar-refractivity contribution in [3.05, 3.63) is 70.7 Å². The van der Waals surface area contributed by atoms with Gasteiger partial charge in [0.2, 0.25) is 0 Å². The van der Waals surface area contributed by atoms with Crippen molar-refractivity contribution in [1.82, 2.24) is 4.98 Å². The number of rotatable bonds is 5. The van der Waals surface area contributed by atoms with E-state index in [1.807, 2.05) is 61.5 Å². The molecule has 0 spiro atoms. The van der Waals surface area contributed by atoms with Gasteiger partial charge in [-0.05, 0) is 31.0 Å². The number of carbonyl (C=O) groups is 1. The van der Waals surface area contributed by atoms with Crippen LogP contribution in [0.1, 0.15) is 20.9 Å². The summed E-state index contributed by atoms with van der Waals surface area (Å²) in [6.45, 7) is 1.97. The summed E-state index contributed by atoms with van der Waals surface area (Å²) < 4.78 is 0. The van der Waals surface area contributed by atoms with Gasteiger partial charge in [0.05, 0.1) is 5.69 Å². The molecule has 3 aromatic rings. The maximum absolute atomic E-state index is 12.5. The fourth-order valence-corrected chi connectivity index (χ4v) is 3.35. The van der Waals surface area contributed by atoms with Gasteiger partial charge in [0.15, 0.2) is 0 Å². The van der Waals surface area contributed by atoms with E-state index in [1.54, 1.807) is 0 Å². The molecular weight excluding hydrogens is 320 g/mol. The highest BCUT2D eigenvalue weighted by Gasteiger charge is 2.16. The van der Waals surface area contributed by atoms with Crippen LogP contribution in [0.4, 0.5) is 5.69 Å². The van der Waals surface area contributed by atoms with E-state index in [2.05, 4.69) is 10.3 Å². The van der Waals surface area contributed by atoms with E-state index < -0.39 is 0 Å². The number of aliphatic hydroxyl groups is 1. The van der Waals surface area contributed by atoms with Crippen LogP contribution in [0.15, 0.2) is 54.6 Å². The fourth-order valence-electron chi connectivity index (χ4n) is 2.38. The van der Waals surface area contributed by atoms with Crippen molar-refractivity contribution in [3.63, 3.8) is 0 Å². The molecule has 2 N–H and O–H groups in total. The standard InChI is InChI=1S/C19H18N2O2S/c1-13-17(24-19(20-13)15-5-3-2-4-6-15)18(23)21-16-9-7-14(8-10-16)11-12-22/h2-10,22H,11-12H2,1H3,(H,21,23). The van der Waals surface area contributed by atoms with Crippen molar-refractivity contribution < 1.29 is 9.90 Å². The largest absolute Gasteiger partial charge is 0.396 e. The van der Waals surface area contributed by atoms with E-state index in [4.69, 9.17) is 5.11 Å². The van der Waals surface area contributed by atoms with Gasteiger partial charge in [-0.2, -0.15) is 0 Å². The fraction of sp³-hybridized carbons (Fsp3) is 0.158. The molecule has 1 amide bonds. The average molecular weight is 338 g/mol. The normalized spacial score (nSPS) is 10.6. The van der Waals surface area contributed by atoms with E-state index in [9.17, 15) is 4.79 Å². The van der Waals surface area contributed by atoms with Gasteiger partial charge in [-0.15, -0.1) is 11.3 Å². The maximum Gasteiger partial charge on any atom is 0.267 e. The number of carbonyl (C=O) groups excluding carboxylic acids is 1. The molecule has 0 saturated carbocycles. The number of hydrogen-bond donors (Lipinski definition) is 2. The topological polar surface area (TPSA) is 62.2 Å². The lowest BCUT2D eigenvalue weighted by Crippen LogP contribution is -2.11. The molecule has 0 aliphatic heterocycles. The molecule has 0 atom stereocenters. The summed E-state index contributed by atoms with van der Waals surface area (Å²) in [7, 11) is 0. The minimum atomic E-state index is -0.151. The van der Waals surface area contributed by atoms with Gasteiger partial charge in [-0.1, -0.05) is 42.5 Å². The Bertz CT molecular complexity index is 826. The van der Waals surface area contributed by atoms with Crippen LogP contribution >= 0.6 is 11.3 Å². The Morgan fingerprint density at radius 2 is 1.83 bits per heavy atom. The Morgan fingerprint density at radius 3 is 2.50 bits per heavy atom. The zero-order valence-electron chi connectivity index (χ0n) is 13.3. The number of aliphatic hydroxyl groups excluding tert-OH is 1. The molecule has 0 aliphatic rings. The van der Waals surface area contributed by atoms with Crippen LogP contribution in [0.3, 0.4) is 0 Å². The zero-order chi connectivity index (χ0) is 16.9. The minimum absolute atomic E-state index is 0.119. The Morgan fingerprint density at radius 1 is 1.12 bits per heavy atom. The van der Waals surface area contributed by atoms with Gasteiger partial charge < -0.3 is 10.4 Å². The third kappa shape index (κ3) is 3.69. The van der Waals surface area contributed by atoms with Crippen LogP contribution in [0.2, 0.25) is 0 Å². The summed E-state index contributed by atoms with van der Waals surface area (Å²) in [5, 5.41) is 12.7. The third-order valence-electron chi connectivity index (χ3n) is 3.64. The highest BCUT2D eigenvalue weighted by atomic mass is 32.1. The Kier molecular flexibility index (Phi) is 5.03. The number of nitrogens with one attached hydrogen (secondary N) is 1. The lowest BCUT2D eigenvalue weighted by molar-refractivity contribution is 0.103. The first-order valence-corrected chi connectivity index (χ1v) is 8.53. The summed E-state index contributed by atoms with van der Waals surface area (Å²) in [6, 6.07) is 17.3. The predicted octanol–water partition coefficient (Wildman–Crippen LogP) is 3.91. The van der Waals surface area contributed by atoms with E-state index in [0.717, 1.165) is 27.5 Å². The molecule has 3 rings (SSSR count). The smallest absolute Gasteiger partial charge is 0.267 e. The van der Waals surface area contributed by atoms with E-state index in [-0.39, 0.29) is 12.5 Å². The summed E-state index contributed by atoms with van der Waals surface area (Å²) in [4.78, 5) is 17.6. The zero-order valence-corrected chi connectivity index (χ0v) is 14.1. The number of aromatic nitrogens is 1. The highest BCUT2D eigenvalue weighted by Crippen LogP contribution is 2.28. The van der Waals surface area contributed by atoms with Crippen LogP contribution in [0, 0.1) is 6.92 Å². The maximum atomic E-state index is 12.5. The second kappa shape index (κ2) is 7.38.